The number of amides is 1. The van der Waals surface area contributed by atoms with Crippen LogP contribution in [0, 0.1) is 0 Å². The highest BCUT2D eigenvalue weighted by Crippen LogP contribution is 2.31. The van der Waals surface area contributed by atoms with Gasteiger partial charge in [-0.15, -0.1) is 0 Å². The first kappa shape index (κ1) is 19.1. The van der Waals surface area contributed by atoms with Gasteiger partial charge >= 0.3 is 6.18 Å². The quantitative estimate of drug-likeness (QED) is 0.556. The van der Waals surface area contributed by atoms with Crippen LogP contribution in [0.4, 0.5) is 30.2 Å². The van der Waals surface area contributed by atoms with Crippen LogP contribution in [-0.2, 0) is 11.0 Å². The van der Waals surface area contributed by atoms with E-state index in [1.165, 1.54) is 12.4 Å². The Kier molecular flexibility index (Phi) is 4.87. The van der Waals surface area contributed by atoms with Gasteiger partial charge < -0.3 is 16.4 Å². The summed E-state index contributed by atoms with van der Waals surface area (Å²) in [5, 5.41) is 5.29. The molecule has 7 nitrogen and oxygen atoms in total. The molecular weight excluding hydrogens is 377 g/mol. The van der Waals surface area contributed by atoms with Crippen LogP contribution in [0.15, 0.2) is 58.4 Å². The Morgan fingerprint density at radius 3 is 2.07 bits per heavy atom. The number of nitrogens with one attached hydrogen (secondary N) is 2. The Hall–Kier alpha value is -3.69. The molecule has 3 rings (SSSR count). The van der Waals surface area contributed by atoms with Crippen molar-refractivity contribution >= 4 is 23.0 Å². The van der Waals surface area contributed by atoms with Gasteiger partial charge in [-0.3, -0.25) is 19.4 Å². The number of alkyl halides is 3. The van der Waals surface area contributed by atoms with Gasteiger partial charge in [0.2, 0.25) is 5.91 Å². The van der Waals surface area contributed by atoms with Gasteiger partial charge in [0.05, 0.1) is 5.56 Å². The number of primary amides is 1. The molecule has 28 heavy (non-hydrogen) atoms. The molecule has 1 heterocycles. The maximum atomic E-state index is 12.7. The number of nitrogens with two attached hydrogens (primary N) is 1. The van der Waals surface area contributed by atoms with Crippen molar-refractivity contribution in [1.29, 1.82) is 0 Å². The molecule has 1 aromatic heterocycles. The zero-order valence-electron chi connectivity index (χ0n) is 14.1. The number of hydrogen-bond donors (Lipinski definition) is 3. The molecular formula is C18H13F3N4O3. The predicted molar refractivity (Wildman–Crippen MR) is 95.9 cm³/mol. The van der Waals surface area contributed by atoms with Crippen molar-refractivity contribution < 1.29 is 18.0 Å². The van der Waals surface area contributed by atoms with Crippen molar-refractivity contribution in [3.63, 3.8) is 0 Å². The first-order valence-electron chi connectivity index (χ1n) is 7.92. The third kappa shape index (κ3) is 3.70. The lowest BCUT2D eigenvalue weighted by atomic mass is 10.0. The van der Waals surface area contributed by atoms with Gasteiger partial charge in [0.25, 0.3) is 10.9 Å². The van der Waals surface area contributed by atoms with E-state index in [-0.39, 0.29) is 16.9 Å². The molecule has 0 radical (unpaired) electrons. The summed E-state index contributed by atoms with van der Waals surface area (Å²) in [6.45, 7) is 0. The van der Waals surface area contributed by atoms with E-state index in [4.69, 9.17) is 5.73 Å². The molecule has 0 bridgehead atoms. The number of anilines is 3. The number of benzene rings is 1. The first-order chi connectivity index (χ1) is 13.2. The van der Waals surface area contributed by atoms with Crippen molar-refractivity contribution in [2.45, 2.75) is 12.2 Å². The van der Waals surface area contributed by atoms with Gasteiger partial charge in [-0.1, -0.05) is 12.1 Å². The highest BCUT2D eigenvalue weighted by molar-refractivity contribution is 5.88. The fourth-order valence-corrected chi connectivity index (χ4v) is 2.56. The van der Waals surface area contributed by atoms with Crippen molar-refractivity contribution in [2.24, 2.45) is 5.73 Å². The molecule has 4 N–H and O–H groups in total. The summed E-state index contributed by atoms with van der Waals surface area (Å²) in [6.07, 6.45) is -1.60. The average Bonchev–Trinajstić information content (AvgIpc) is 2.67. The lowest BCUT2D eigenvalue weighted by molar-refractivity contribution is -0.137. The molecule has 144 valence electrons. The standard InChI is InChI=1S/C18H13F3N4O3/c19-18(20,21)10-3-1-9(2-4-10)12(17(22)28)25-14-13(15(26)16(14)27)24-11-5-7-23-8-6-11/h1-8,12,25H,(H2,22,28)(H,23,24). The molecule has 1 unspecified atom stereocenters. The number of rotatable bonds is 6. The summed E-state index contributed by atoms with van der Waals surface area (Å²) >= 11 is 0. The summed E-state index contributed by atoms with van der Waals surface area (Å²) in [5.41, 5.74) is 3.12. The third-order valence-electron chi connectivity index (χ3n) is 4.00. The van der Waals surface area contributed by atoms with Crippen LogP contribution >= 0.6 is 0 Å². The highest BCUT2D eigenvalue weighted by atomic mass is 19.4. The normalized spacial score (nSPS) is 12.5. The van der Waals surface area contributed by atoms with Crippen LogP contribution in [0.3, 0.4) is 0 Å². The minimum absolute atomic E-state index is 0.0747. The Morgan fingerprint density at radius 1 is 0.964 bits per heavy atom. The molecule has 10 heteroatoms. The van der Waals surface area contributed by atoms with E-state index >= 15 is 0 Å². The molecule has 0 saturated heterocycles. The minimum Gasteiger partial charge on any atom is -0.368 e. The van der Waals surface area contributed by atoms with Crippen LogP contribution in [0.1, 0.15) is 17.2 Å². The lowest BCUT2D eigenvalue weighted by Gasteiger charge is -2.21. The fraction of sp³-hybridized carbons (Fsp3) is 0.111. The second kappa shape index (κ2) is 7.14. The van der Waals surface area contributed by atoms with Gasteiger partial charge in [-0.25, -0.2) is 0 Å². The van der Waals surface area contributed by atoms with E-state index in [9.17, 15) is 27.6 Å². The number of aromatic nitrogens is 1. The Bertz CT molecular complexity index is 1070. The zero-order valence-corrected chi connectivity index (χ0v) is 14.1. The maximum Gasteiger partial charge on any atom is 0.416 e. The molecule has 0 fully saturated rings. The van der Waals surface area contributed by atoms with E-state index in [1.54, 1.807) is 12.1 Å². The first-order valence-corrected chi connectivity index (χ1v) is 7.92. The third-order valence-corrected chi connectivity index (χ3v) is 4.00. The number of carbonyl (C=O) groups excluding carboxylic acids is 1. The molecule has 0 aliphatic rings. The average molecular weight is 390 g/mol. The van der Waals surface area contributed by atoms with Gasteiger partial charge in [-0.2, -0.15) is 13.2 Å². The van der Waals surface area contributed by atoms with E-state index in [0.717, 1.165) is 24.3 Å². The summed E-state index contributed by atoms with van der Waals surface area (Å²) in [7, 11) is 0. The Labute approximate surface area is 155 Å². The van der Waals surface area contributed by atoms with Gasteiger partial charge in [0.15, 0.2) is 0 Å². The van der Waals surface area contributed by atoms with Gasteiger partial charge in [0.1, 0.15) is 17.4 Å². The number of hydrogen-bond acceptors (Lipinski definition) is 6. The number of halogens is 3. The predicted octanol–water partition coefficient (Wildman–Crippen LogP) is 2.08. The second-order valence-corrected chi connectivity index (χ2v) is 5.87. The Morgan fingerprint density at radius 2 is 1.54 bits per heavy atom. The Balaban J connectivity index is 1.88. The fourth-order valence-electron chi connectivity index (χ4n) is 2.56. The summed E-state index contributed by atoms with van der Waals surface area (Å²) in [6, 6.07) is 5.56. The number of pyridine rings is 1. The van der Waals surface area contributed by atoms with E-state index < -0.39 is 34.5 Å². The summed E-state index contributed by atoms with van der Waals surface area (Å²) in [5.74, 6) is -0.928. The van der Waals surface area contributed by atoms with Crippen LogP contribution in [0.2, 0.25) is 0 Å². The van der Waals surface area contributed by atoms with Gasteiger partial charge in [0, 0.05) is 18.1 Å². The molecule has 0 aliphatic heterocycles. The largest absolute Gasteiger partial charge is 0.416 e. The number of carbonyl (C=O) groups is 1. The lowest BCUT2D eigenvalue weighted by Crippen LogP contribution is -2.39. The minimum atomic E-state index is -4.53. The van der Waals surface area contributed by atoms with Crippen molar-refractivity contribution in [3.8, 4) is 0 Å². The monoisotopic (exact) mass is 390 g/mol. The second-order valence-electron chi connectivity index (χ2n) is 5.87. The van der Waals surface area contributed by atoms with Gasteiger partial charge in [-0.05, 0) is 29.8 Å². The highest BCUT2D eigenvalue weighted by Gasteiger charge is 2.31. The molecule has 2 aromatic carbocycles. The van der Waals surface area contributed by atoms with Crippen molar-refractivity contribution in [1.82, 2.24) is 4.98 Å². The maximum absolute atomic E-state index is 12.7. The number of nitrogens with zero attached hydrogens (tertiary/aromatic N) is 1. The van der Waals surface area contributed by atoms with E-state index in [1.807, 2.05) is 0 Å². The summed E-state index contributed by atoms with van der Waals surface area (Å²) < 4.78 is 38.1. The van der Waals surface area contributed by atoms with Crippen LogP contribution in [0.5, 0.6) is 0 Å². The van der Waals surface area contributed by atoms with Crippen LogP contribution < -0.4 is 27.2 Å². The van der Waals surface area contributed by atoms with Crippen LogP contribution in [-0.4, -0.2) is 10.9 Å². The SMILES string of the molecule is NC(=O)C(Nc1c(Nc2ccncc2)c(=O)c1=O)c1ccc(C(F)(F)F)cc1. The molecule has 1 atom stereocenters. The van der Waals surface area contributed by atoms with Crippen molar-refractivity contribution in [2.75, 3.05) is 10.6 Å². The smallest absolute Gasteiger partial charge is 0.368 e. The van der Waals surface area contributed by atoms with Crippen LogP contribution in [0.25, 0.3) is 0 Å². The topological polar surface area (TPSA) is 114 Å². The molecule has 0 saturated carbocycles. The van der Waals surface area contributed by atoms with E-state index in [2.05, 4.69) is 15.6 Å². The zero-order chi connectivity index (χ0) is 20.5. The van der Waals surface area contributed by atoms with Crippen molar-refractivity contribution in [3.05, 3.63) is 80.4 Å². The van der Waals surface area contributed by atoms with E-state index in [0.29, 0.717) is 5.69 Å². The molecule has 0 aliphatic carbocycles. The molecule has 3 aromatic rings. The summed E-state index contributed by atoms with van der Waals surface area (Å²) in [4.78, 5) is 39.4. The molecule has 1 amide bonds. The molecule has 0 spiro atoms.